The van der Waals surface area contributed by atoms with Crippen LogP contribution in [0.15, 0.2) is 0 Å². The van der Waals surface area contributed by atoms with Crippen molar-refractivity contribution in [2.24, 2.45) is 0 Å². The summed E-state index contributed by atoms with van der Waals surface area (Å²) in [6.07, 6.45) is -2.20. The second-order valence-corrected chi connectivity index (χ2v) is 4.14. The number of nitrogens with one attached hydrogen (secondary N) is 1. The quantitative estimate of drug-likeness (QED) is 0.295. The zero-order valence-corrected chi connectivity index (χ0v) is 12.6. The maximum absolute atomic E-state index is 11.7. The monoisotopic (exact) mass is 308 g/mol. The van der Waals surface area contributed by atoms with Gasteiger partial charge in [-0.25, -0.2) is 5.06 Å². The number of rotatable bonds is 11. The van der Waals surface area contributed by atoms with E-state index in [0.717, 1.165) is 5.06 Å². The third-order valence-corrected chi connectivity index (χ3v) is 2.47. The first kappa shape index (κ1) is 19.7. The Labute approximate surface area is 123 Å². The van der Waals surface area contributed by atoms with Crippen molar-refractivity contribution in [1.82, 2.24) is 10.4 Å². The Balaban J connectivity index is 4.38. The van der Waals surface area contributed by atoms with Gasteiger partial charge in [-0.15, -0.1) is 0 Å². The summed E-state index contributed by atoms with van der Waals surface area (Å²) in [6, 6.07) is 0. The molecule has 0 rings (SSSR count). The summed E-state index contributed by atoms with van der Waals surface area (Å²) < 4.78 is 9.77. The first-order chi connectivity index (χ1) is 9.97. The Morgan fingerprint density at radius 1 is 1.33 bits per heavy atom. The predicted octanol–water partition coefficient (Wildman–Crippen LogP) is -2.10. The van der Waals surface area contributed by atoms with Gasteiger partial charge in [0.1, 0.15) is 12.7 Å². The number of hydroxylamine groups is 2. The van der Waals surface area contributed by atoms with Gasteiger partial charge in [-0.3, -0.25) is 14.4 Å². The minimum Gasteiger partial charge on any atom is -0.394 e. The highest BCUT2D eigenvalue weighted by molar-refractivity contribution is 5.81. The van der Waals surface area contributed by atoms with Crippen molar-refractivity contribution in [2.45, 2.75) is 19.1 Å². The minimum atomic E-state index is -1.27. The van der Waals surface area contributed by atoms with E-state index in [4.69, 9.17) is 19.4 Å². The highest BCUT2D eigenvalue weighted by Crippen LogP contribution is 2.00. The zero-order valence-electron chi connectivity index (χ0n) is 12.6. The molecule has 0 radical (unpaired) electrons. The molecule has 2 atom stereocenters. The molecular formula is C12H24N2O7. The van der Waals surface area contributed by atoms with Crippen LogP contribution in [-0.2, 0) is 23.9 Å². The van der Waals surface area contributed by atoms with Gasteiger partial charge in [0.2, 0.25) is 0 Å². The average molecular weight is 308 g/mol. The van der Waals surface area contributed by atoms with Gasteiger partial charge >= 0.3 is 0 Å². The highest BCUT2D eigenvalue weighted by Gasteiger charge is 2.23. The summed E-state index contributed by atoms with van der Waals surface area (Å²) >= 11 is 0. The molecule has 0 aromatic heterocycles. The summed E-state index contributed by atoms with van der Waals surface area (Å²) in [6.45, 7) is 1.28. The predicted molar refractivity (Wildman–Crippen MR) is 72.1 cm³/mol. The molecule has 0 saturated heterocycles. The standard InChI is InChI=1S/C12H24N2O7/c1-9(16)12(18)14(5-6-15)21-8-10(20-3)11(17)13-4-7-19-2/h9-10,15-16H,4-8H2,1-3H3,(H,13,17). The van der Waals surface area contributed by atoms with Crippen molar-refractivity contribution in [2.75, 3.05) is 47.1 Å². The van der Waals surface area contributed by atoms with Crippen LogP contribution in [0.25, 0.3) is 0 Å². The van der Waals surface area contributed by atoms with Crippen molar-refractivity contribution < 1.29 is 34.1 Å². The van der Waals surface area contributed by atoms with E-state index in [0.29, 0.717) is 13.2 Å². The molecule has 21 heavy (non-hydrogen) atoms. The molecule has 0 spiro atoms. The number of methoxy groups -OCH3 is 2. The molecule has 2 unspecified atom stereocenters. The molecule has 0 aliphatic carbocycles. The van der Waals surface area contributed by atoms with Crippen LogP contribution in [0.2, 0.25) is 0 Å². The molecule has 9 heteroatoms. The second kappa shape index (κ2) is 11.4. The van der Waals surface area contributed by atoms with Crippen LogP contribution in [0.4, 0.5) is 0 Å². The van der Waals surface area contributed by atoms with Gasteiger partial charge in [0.15, 0.2) is 6.10 Å². The fourth-order valence-electron chi connectivity index (χ4n) is 1.34. The summed E-state index contributed by atoms with van der Waals surface area (Å²) in [4.78, 5) is 28.5. The fraction of sp³-hybridized carbons (Fsp3) is 0.833. The molecule has 0 aliphatic heterocycles. The van der Waals surface area contributed by atoms with Gasteiger partial charge in [-0.2, -0.15) is 0 Å². The third kappa shape index (κ3) is 7.93. The molecule has 2 amide bonds. The molecule has 9 nitrogen and oxygen atoms in total. The van der Waals surface area contributed by atoms with Gasteiger partial charge in [0, 0.05) is 20.8 Å². The number of hydrogen-bond acceptors (Lipinski definition) is 7. The first-order valence-electron chi connectivity index (χ1n) is 6.50. The first-order valence-corrected chi connectivity index (χ1v) is 6.50. The van der Waals surface area contributed by atoms with E-state index in [-0.39, 0.29) is 19.8 Å². The normalized spacial score (nSPS) is 13.6. The maximum atomic E-state index is 11.7. The second-order valence-electron chi connectivity index (χ2n) is 4.14. The SMILES string of the molecule is COCCNC(=O)C(CON(CCO)C(=O)C(C)O)OC. The van der Waals surface area contributed by atoms with Crippen molar-refractivity contribution in [3.63, 3.8) is 0 Å². The van der Waals surface area contributed by atoms with Crippen LogP contribution in [0.5, 0.6) is 0 Å². The Morgan fingerprint density at radius 2 is 2.00 bits per heavy atom. The molecule has 0 aromatic carbocycles. The molecular weight excluding hydrogens is 284 g/mol. The number of ether oxygens (including phenoxy) is 2. The van der Waals surface area contributed by atoms with Crippen molar-refractivity contribution in [3.8, 4) is 0 Å². The van der Waals surface area contributed by atoms with E-state index in [1.54, 1.807) is 0 Å². The topological polar surface area (TPSA) is 118 Å². The van der Waals surface area contributed by atoms with E-state index in [1.807, 2.05) is 0 Å². The smallest absolute Gasteiger partial charge is 0.274 e. The number of nitrogens with zero attached hydrogens (tertiary/aromatic N) is 1. The number of carbonyl (C=O) groups excluding carboxylic acids is 2. The van der Waals surface area contributed by atoms with Gasteiger partial charge in [0.05, 0.1) is 19.8 Å². The van der Waals surface area contributed by atoms with E-state index >= 15 is 0 Å². The Kier molecular flexibility index (Phi) is 10.7. The Bertz CT molecular complexity index is 312. The van der Waals surface area contributed by atoms with Gasteiger partial charge < -0.3 is 25.0 Å². The van der Waals surface area contributed by atoms with Crippen molar-refractivity contribution >= 4 is 11.8 Å². The lowest BCUT2D eigenvalue weighted by Gasteiger charge is -2.24. The van der Waals surface area contributed by atoms with E-state index in [2.05, 4.69) is 5.32 Å². The molecule has 0 bridgehead atoms. The van der Waals surface area contributed by atoms with Crippen LogP contribution < -0.4 is 5.32 Å². The van der Waals surface area contributed by atoms with Crippen LogP contribution >= 0.6 is 0 Å². The van der Waals surface area contributed by atoms with Crippen molar-refractivity contribution in [1.29, 1.82) is 0 Å². The largest absolute Gasteiger partial charge is 0.394 e. The number of amides is 2. The van der Waals surface area contributed by atoms with E-state index < -0.39 is 24.0 Å². The van der Waals surface area contributed by atoms with Crippen LogP contribution in [-0.4, -0.2) is 86.4 Å². The van der Waals surface area contributed by atoms with Gasteiger partial charge in [0.25, 0.3) is 11.8 Å². The Hall–Kier alpha value is -1.26. The number of carbonyl (C=O) groups is 2. The van der Waals surface area contributed by atoms with E-state index in [9.17, 15) is 14.7 Å². The lowest BCUT2D eigenvalue weighted by Crippen LogP contribution is -2.45. The summed E-state index contributed by atoms with van der Waals surface area (Å²) in [5, 5.41) is 21.5. The summed E-state index contributed by atoms with van der Waals surface area (Å²) in [5.41, 5.74) is 0. The number of aliphatic hydroxyl groups is 2. The average Bonchev–Trinajstić information content (AvgIpc) is 2.46. The maximum Gasteiger partial charge on any atom is 0.274 e. The van der Waals surface area contributed by atoms with Crippen molar-refractivity contribution in [3.05, 3.63) is 0 Å². The van der Waals surface area contributed by atoms with Gasteiger partial charge in [-0.05, 0) is 6.92 Å². The zero-order chi connectivity index (χ0) is 16.3. The van der Waals surface area contributed by atoms with Gasteiger partial charge in [-0.1, -0.05) is 0 Å². The van der Waals surface area contributed by atoms with Crippen LogP contribution in [0, 0.1) is 0 Å². The summed E-state index contributed by atoms with van der Waals surface area (Å²) in [7, 11) is 2.84. The van der Waals surface area contributed by atoms with Crippen LogP contribution in [0.1, 0.15) is 6.92 Å². The minimum absolute atomic E-state index is 0.120. The molecule has 0 aromatic rings. The molecule has 0 saturated carbocycles. The van der Waals surface area contributed by atoms with Crippen LogP contribution in [0.3, 0.4) is 0 Å². The molecule has 0 aliphatic rings. The lowest BCUT2D eigenvalue weighted by atomic mass is 10.3. The fourth-order valence-corrected chi connectivity index (χ4v) is 1.34. The third-order valence-electron chi connectivity index (χ3n) is 2.47. The highest BCUT2D eigenvalue weighted by atomic mass is 16.7. The lowest BCUT2D eigenvalue weighted by molar-refractivity contribution is -0.206. The molecule has 3 N–H and O–H groups in total. The van der Waals surface area contributed by atoms with E-state index in [1.165, 1.54) is 21.1 Å². The number of aliphatic hydroxyl groups excluding tert-OH is 2. The molecule has 0 heterocycles. The Morgan fingerprint density at radius 3 is 2.48 bits per heavy atom. The molecule has 124 valence electrons. The summed E-state index contributed by atoms with van der Waals surface area (Å²) in [5.74, 6) is -1.12. The molecule has 0 fully saturated rings. The number of hydrogen-bond donors (Lipinski definition) is 3.